The smallest absolute Gasteiger partial charge is 0.362 e. The first-order valence-electron chi connectivity index (χ1n) is 5.59. The molecule has 0 N–H and O–H groups in total. The van der Waals surface area contributed by atoms with E-state index in [9.17, 15) is 14.0 Å². The fourth-order valence-electron chi connectivity index (χ4n) is 1.71. The maximum absolute atomic E-state index is 14.1. The summed E-state index contributed by atoms with van der Waals surface area (Å²) < 4.78 is 23.8. The third kappa shape index (κ3) is 2.63. The van der Waals surface area contributed by atoms with E-state index in [2.05, 4.69) is 4.74 Å². The largest absolute Gasteiger partial charge is 0.482 e. The fourth-order valence-corrected chi connectivity index (χ4v) is 1.88. The van der Waals surface area contributed by atoms with Gasteiger partial charge in [-0.25, -0.2) is 9.18 Å². The monoisotopic (exact) mass is 287 g/mol. The highest BCUT2D eigenvalue weighted by atomic mass is 35.5. The van der Waals surface area contributed by atoms with Gasteiger partial charge in [0, 0.05) is 5.02 Å². The number of fused-ring (bicyclic) bond motifs is 1. The van der Waals surface area contributed by atoms with Crippen molar-refractivity contribution in [3.8, 4) is 5.75 Å². The second-order valence-corrected chi connectivity index (χ2v) is 4.19. The van der Waals surface area contributed by atoms with Crippen LogP contribution in [0.2, 0.25) is 5.02 Å². The number of hydrogen-bond acceptors (Lipinski definition) is 4. The molecule has 19 heavy (non-hydrogen) atoms. The van der Waals surface area contributed by atoms with Gasteiger partial charge < -0.3 is 9.47 Å². The fraction of sp³-hybridized carbons (Fsp3) is 0.333. The van der Waals surface area contributed by atoms with Crippen LogP contribution in [-0.2, 0) is 14.3 Å². The normalized spacial score (nSPS) is 15.5. The van der Waals surface area contributed by atoms with E-state index in [1.807, 2.05) is 0 Å². The summed E-state index contributed by atoms with van der Waals surface area (Å²) in [5.74, 6) is -1.50. The summed E-state index contributed by atoms with van der Waals surface area (Å²) in [7, 11) is 0. The van der Waals surface area contributed by atoms with Crippen molar-refractivity contribution in [3.63, 3.8) is 0 Å². The standard InChI is InChI=1S/C12H11ClFNO4/c1-2-18-12(17)11(14)15-8-5-7(13)3-4-9(8)19-6-10(15)16/h3-5,11H,2,6H2,1H3. The zero-order valence-electron chi connectivity index (χ0n) is 10.1. The van der Waals surface area contributed by atoms with Crippen molar-refractivity contribution in [3.05, 3.63) is 23.2 Å². The SMILES string of the molecule is CCOC(=O)C(F)N1C(=O)COc2ccc(Cl)cc21. The zero-order chi connectivity index (χ0) is 14.0. The molecule has 0 aromatic heterocycles. The Labute approximate surface area is 113 Å². The van der Waals surface area contributed by atoms with Gasteiger partial charge in [0.05, 0.1) is 12.3 Å². The molecule has 0 aliphatic carbocycles. The molecule has 7 heteroatoms. The lowest BCUT2D eigenvalue weighted by Gasteiger charge is -2.30. The summed E-state index contributed by atoms with van der Waals surface area (Å²) in [6, 6.07) is 4.42. The molecular weight excluding hydrogens is 277 g/mol. The van der Waals surface area contributed by atoms with E-state index in [0.29, 0.717) is 9.92 Å². The molecule has 1 aromatic rings. The number of hydrogen-bond donors (Lipinski definition) is 0. The molecule has 0 saturated heterocycles. The number of halogens is 2. The summed E-state index contributed by atoms with van der Waals surface area (Å²) in [6.45, 7) is 1.24. The Bertz CT molecular complexity index is 522. The molecule has 0 saturated carbocycles. The maximum Gasteiger partial charge on any atom is 0.362 e. The van der Waals surface area contributed by atoms with Crippen molar-refractivity contribution in [2.75, 3.05) is 18.1 Å². The van der Waals surface area contributed by atoms with Gasteiger partial charge >= 0.3 is 5.97 Å². The number of nitrogens with zero attached hydrogens (tertiary/aromatic N) is 1. The van der Waals surface area contributed by atoms with Crippen molar-refractivity contribution >= 4 is 29.2 Å². The Kier molecular flexibility index (Phi) is 3.90. The predicted octanol–water partition coefficient (Wildman–Crippen LogP) is 1.92. The van der Waals surface area contributed by atoms with Crippen LogP contribution in [0.4, 0.5) is 10.1 Å². The van der Waals surface area contributed by atoms with Crippen molar-refractivity contribution < 1.29 is 23.5 Å². The Morgan fingerprint density at radius 3 is 3.05 bits per heavy atom. The van der Waals surface area contributed by atoms with Crippen LogP contribution in [-0.4, -0.2) is 31.4 Å². The quantitative estimate of drug-likeness (QED) is 0.629. The molecule has 1 aliphatic heterocycles. The van der Waals surface area contributed by atoms with Crippen LogP contribution in [0, 0.1) is 0 Å². The van der Waals surface area contributed by atoms with Gasteiger partial charge in [-0.3, -0.25) is 9.69 Å². The van der Waals surface area contributed by atoms with Crippen molar-refractivity contribution in [2.24, 2.45) is 0 Å². The molecule has 102 valence electrons. The third-order valence-electron chi connectivity index (χ3n) is 2.51. The van der Waals surface area contributed by atoms with Crippen LogP contribution in [0.3, 0.4) is 0 Å². The van der Waals surface area contributed by atoms with E-state index >= 15 is 0 Å². The average Bonchev–Trinajstić information content (AvgIpc) is 2.38. The first kappa shape index (κ1) is 13.6. The van der Waals surface area contributed by atoms with Crippen LogP contribution in [0.5, 0.6) is 5.75 Å². The zero-order valence-corrected chi connectivity index (χ0v) is 10.8. The Morgan fingerprint density at radius 1 is 1.63 bits per heavy atom. The van der Waals surface area contributed by atoms with E-state index in [1.165, 1.54) is 12.1 Å². The Hall–Kier alpha value is -1.82. The van der Waals surface area contributed by atoms with E-state index in [-0.39, 0.29) is 24.7 Å². The molecule has 0 fully saturated rings. The number of benzene rings is 1. The van der Waals surface area contributed by atoms with Gasteiger partial charge in [-0.15, -0.1) is 0 Å². The predicted molar refractivity (Wildman–Crippen MR) is 66.0 cm³/mol. The first-order valence-corrected chi connectivity index (χ1v) is 5.97. The minimum absolute atomic E-state index is 0.0280. The number of anilines is 1. The highest BCUT2D eigenvalue weighted by molar-refractivity contribution is 6.31. The van der Waals surface area contributed by atoms with Gasteiger partial charge in [0.15, 0.2) is 6.61 Å². The number of amides is 1. The van der Waals surface area contributed by atoms with Crippen LogP contribution in [0.25, 0.3) is 0 Å². The number of carbonyl (C=O) groups is 2. The third-order valence-corrected chi connectivity index (χ3v) is 2.74. The van der Waals surface area contributed by atoms with Crippen LogP contribution < -0.4 is 9.64 Å². The molecule has 1 aliphatic rings. The van der Waals surface area contributed by atoms with Crippen LogP contribution in [0.15, 0.2) is 18.2 Å². The van der Waals surface area contributed by atoms with Crippen molar-refractivity contribution in [1.82, 2.24) is 0 Å². The summed E-state index contributed by atoms with van der Waals surface area (Å²) in [4.78, 5) is 23.8. The maximum atomic E-state index is 14.1. The van der Waals surface area contributed by atoms with Crippen LogP contribution >= 0.6 is 11.6 Å². The molecule has 1 unspecified atom stereocenters. The minimum Gasteiger partial charge on any atom is -0.482 e. The van der Waals surface area contributed by atoms with E-state index in [4.69, 9.17) is 16.3 Å². The highest BCUT2D eigenvalue weighted by Crippen LogP contribution is 2.36. The van der Waals surface area contributed by atoms with Gasteiger partial charge in [-0.1, -0.05) is 11.6 Å². The molecule has 1 atom stereocenters. The summed E-state index contributed by atoms with van der Waals surface area (Å²) in [6.07, 6.45) is -2.21. The lowest BCUT2D eigenvalue weighted by atomic mass is 10.2. The van der Waals surface area contributed by atoms with Crippen molar-refractivity contribution in [2.45, 2.75) is 13.2 Å². The number of alkyl halides is 1. The number of ether oxygens (including phenoxy) is 2. The van der Waals surface area contributed by atoms with Gasteiger partial charge in [0.2, 0.25) is 0 Å². The van der Waals surface area contributed by atoms with Crippen LogP contribution in [0.1, 0.15) is 6.92 Å². The highest BCUT2D eigenvalue weighted by Gasteiger charge is 2.36. The lowest BCUT2D eigenvalue weighted by molar-refractivity contribution is -0.150. The number of rotatable bonds is 3. The molecule has 1 heterocycles. The van der Waals surface area contributed by atoms with E-state index in [0.717, 1.165) is 0 Å². The molecule has 0 spiro atoms. The molecule has 1 amide bonds. The summed E-state index contributed by atoms with van der Waals surface area (Å²) in [5.41, 5.74) is 0.115. The van der Waals surface area contributed by atoms with Crippen molar-refractivity contribution in [1.29, 1.82) is 0 Å². The van der Waals surface area contributed by atoms with E-state index < -0.39 is 18.2 Å². The first-order chi connectivity index (χ1) is 9.04. The molecule has 0 bridgehead atoms. The summed E-state index contributed by atoms with van der Waals surface area (Å²) in [5, 5.41) is 0.304. The van der Waals surface area contributed by atoms with Gasteiger partial charge in [0.1, 0.15) is 5.75 Å². The molecular formula is C12H11ClFNO4. The van der Waals surface area contributed by atoms with Gasteiger partial charge in [-0.05, 0) is 25.1 Å². The number of esters is 1. The molecule has 2 rings (SSSR count). The second kappa shape index (κ2) is 5.44. The molecule has 5 nitrogen and oxygen atoms in total. The Morgan fingerprint density at radius 2 is 2.37 bits per heavy atom. The molecule has 0 radical (unpaired) electrons. The Balaban J connectivity index is 2.37. The minimum atomic E-state index is -2.21. The van der Waals surface area contributed by atoms with Gasteiger partial charge in [-0.2, -0.15) is 0 Å². The lowest BCUT2D eigenvalue weighted by Crippen LogP contribution is -2.47. The number of carbonyl (C=O) groups excluding carboxylic acids is 2. The summed E-state index contributed by atoms with van der Waals surface area (Å²) >= 11 is 5.80. The van der Waals surface area contributed by atoms with E-state index in [1.54, 1.807) is 13.0 Å². The van der Waals surface area contributed by atoms with Gasteiger partial charge in [0.25, 0.3) is 12.2 Å². The average molecular weight is 288 g/mol. The second-order valence-electron chi connectivity index (χ2n) is 3.75. The topological polar surface area (TPSA) is 55.8 Å². The molecule has 1 aromatic carbocycles.